The second-order valence-corrected chi connectivity index (χ2v) is 4.66. The van der Waals surface area contributed by atoms with Crippen LogP contribution in [-0.2, 0) is 17.8 Å². The molecule has 0 saturated carbocycles. The van der Waals surface area contributed by atoms with Gasteiger partial charge in [0.2, 0.25) is 0 Å². The van der Waals surface area contributed by atoms with Crippen molar-refractivity contribution in [2.24, 2.45) is 5.73 Å². The molecule has 0 bridgehead atoms. The van der Waals surface area contributed by atoms with E-state index in [0.717, 1.165) is 23.9 Å². The fourth-order valence-electron chi connectivity index (χ4n) is 1.44. The molecule has 0 aromatic carbocycles. The van der Waals surface area contributed by atoms with Crippen LogP contribution in [0.25, 0.3) is 0 Å². The molecule has 6 nitrogen and oxygen atoms in total. The van der Waals surface area contributed by atoms with Crippen LogP contribution < -0.4 is 5.73 Å². The van der Waals surface area contributed by atoms with Crippen molar-refractivity contribution in [1.29, 1.82) is 0 Å². The van der Waals surface area contributed by atoms with Crippen LogP contribution >= 0.6 is 11.8 Å². The number of thioether (sulfide) groups is 1. The van der Waals surface area contributed by atoms with Crippen molar-refractivity contribution in [3.63, 3.8) is 0 Å². The van der Waals surface area contributed by atoms with Crippen molar-refractivity contribution < 1.29 is 9.84 Å². The summed E-state index contributed by atoms with van der Waals surface area (Å²) in [5.74, 6) is 1.33. The molecule has 3 N–H and O–H groups in total. The molecule has 0 aliphatic heterocycles. The quantitative estimate of drug-likeness (QED) is 0.651. The van der Waals surface area contributed by atoms with E-state index in [2.05, 4.69) is 17.1 Å². The van der Waals surface area contributed by atoms with Gasteiger partial charge in [-0.1, -0.05) is 18.7 Å². The molecule has 0 amide bonds. The van der Waals surface area contributed by atoms with E-state index in [1.54, 1.807) is 7.11 Å². The van der Waals surface area contributed by atoms with Crippen molar-refractivity contribution in [2.75, 3.05) is 19.5 Å². The number of hydrogen-bond donors (Lipinski definition) is 2. The fraction of sp³-hybridized carbons (Fsp3) is 0.800. The van der Waals surface area contributed by atoms with E-state index in [0.29, 0.717) is 18.9 Å². The molecule has 0 spiro atoms. The highest BCUT2D eigenvalue weighted by atomic mass is 32.2. The Morgan fingerprint density at radius 2 is 2.29 bits per heavy atom. The van der Waals surface area contributed by atoms with Gasteiger partial charge >= 0.3 is 0 Å². The molecule has 1 heterocycles. The normalized spacial score (nSPS) is 12.9. The van der Waals surface area contributed by atoms with Gasteiger partial charge in [-0.15, -0.1) is 10.2 Å². The summed E-state index contributed by atoms with van der Waals surface area (Å²) < 4.78 is 6.87. The van der Waals surface area contributed by atoms with Crippen molar-refractivity contribution in [1.82, 2.24) is 14.8 Å². The first kappa shape index (κ1) is 14.4. The summed E-state index contributed by atoms with van der Waals surface area (Å²) in [6.07, 6.45) is 0.511. The molecular weight excluding hydrogens is 240 g/mol. The molecule has 0 radical (unpaired) electrons. The van der Waals surface area contributed by atoms with E-state index in [1.165, 1.54) is 11.8 Å². The maximum atomic E-state index is 9.57. The minimum absolute atomic E-state index is 0.332. The van der Waals surface area contributed by atoms with Gasteiger partial charge in [-0.3, -0.25) is 0 Å². The molecule has 0 aliphatic rings. The van der Waals surface area contributed by atoms with Gasteiger partial charge in [-0.05, 0) is 6.42 Å². The van der Waals surface area contributed by atoms with Crippen molar-refractivity contribution in [3.05, 3.63) is 5.82 Å². The second-order valence-electron chi connectivity index (χ2n) is 3.67. The summed E-state index contributed by atoms with van der Waals surface area (Å²) in [5, 5.41) is 18.5. The largest absolute Gasteiger partial charge is 0.390 e. The summed E-state index contributed by atoms with van der Waals surface area (Å²) in [7, 11) is 1.57. The van der Waals surface area contributed by atoms with E-state index >= 15 is 0 Å². The predicted molar refractivity (Wildman–Crippen MR) is 66.8 cm³/mol. The third kappa shape index (κ3) is 4.27. The molecule has 98 valence electrons. The zero-order valence-corrected chi connectivity index (χ0v) is 11.1. The Balaban J connectivity index is 2.60. The van der Waals surface area contributed by atoms with Crippen LogP contribution in [0.5, 0.6) is 0 Å². The number of aromatic nitrogens is 3. The van der Waals surface area contributed by atoms with Gasteiger partial charge < -0.3 is 20.1 Å². The summed E-state index contributed by atoms with van der Waals surface area (Å²) in [5.41, 5.74) is 5.60. The third-order valence-corrected chi connectivity index (χ3v) is 3.30. The number of nitrogens with zero attached hydrogens (tertiary/aromatic N) is 3. The monoisotopic (exact) mass is 260 g/mol. The summed E-state index contributed by atoms with van der Waals surface area (Å²) in [6, 6.07) is 0. The first-order valence-corrected chi connectivity index (χ1v) is 6.63. The predicted octanol–water partition coefficient (Wildman–Crippen LogP) is 0.246. The Morgan fingerprint density at radius 3 is 2.88 bits per heavy atom. The number of rotatable bonds is 8. The maximum absolute atomic E-state index is 9.57. The third-order valence-electron chi connectivity index (χ3n) is 2.19. The molecule has 17 heavy (non-hydrogen) atoms. The number of methoxy groups -OCH3 is 1. The Bertz CT molecular complexity index is 332. The lowest BCUT2D eigenvalue weighted by molar-refractivity contribution is 0.0793. The fourth-order valence-corrected chi connectivity index (χ4v) is 2.32. The van der Waals surface area contributed by atoms with Crippen molar-refractivity contribution >= 4 is 11.8 Å². The SMILES string of the molecule is CCCn1c(CN)nnc1SCC(O)COC. The summed E-state index contributed by atoms with van der Waals surface area (Å²) in [6.45, 7) is 3.66. The van der Waals surface area contributed by atoms with Crippen molar-refractivity contribution in [3.8, 4) is 0 Å². The van der Waals surface area contributed by atoms with Crippen LogP contribution in [0.1, 0.15) is 19.2 Å². The van der Waals surface area contributed by atoms with Gasteiger partial charge in [0.1, 0.15) is 5.82 Å². The number of aliphatic hydroxyl groups excluding tert-OH is 1. The van der Waals surface area contributed by atoms with E-state index in [-0.39, 0.29) is 0 Å². The summed E-state index contributed by atoms with van der Waals surface area (Å²) >= 11 is 1.48. The molecule has 7 heteroatoms. The topological polar surface area (TPSA) is 86.2 Å². The van der Waals surface area contributed by atoms with Crippen LogP contribution in [-0.4, -0.2) is 45.4 Å². The van der Waals surface area contributed by atoms with Crippen molar-refractivity contribution in [2.45, 2.75) is 37.7 Å². The second kappa shape index (κ2) is 7.65. The lowest BCUT2D eigenvalue weighted by atomic mass is 10.4. The van der Waals surface area contributed by atoms with Gasteiger partial charge in [0.05, 0.1) is 19.3 Å². The van der Waals surface area contributed by atoms with Crippen LogP contribution in [0, 0.1) is 0 Å². The highest BCUT2D eigenvalue weighted by molar-refractivity contribution is 7.99. The van der Waals surface area contributed by atoms with E-state index in [4.69, 9.17) is 10.5 Å². The zero-order chi connectivity index (χ0) is 12.7. The molecule has 0 fully saturated rings. The number of aliphatic hydroxyl groups is 1. The molecule has 1 aromatic heterocycles. The van der Waals surface area contributed by atoms with E-state index in [1.807, 2.05) is 4.57 Å². The van der Waals surface area contributed by atoms with Gasteiger partial charge in [-0.2, -0.15) is 0 Å². The molecule has 0 aliphatic carbocycles. The van der Waals surface area contributed by atoms with Crippen LogP contribution in [0.3, 0.4) is 0 Å². The minimum Gasteiger partial charge on any atom is -0.390 e. The average molecular weight is 260 g/mol. The van der Waals surface area contributed by atoms with Gasteiger partial charge in [0, 0.05) is 19.4 Å². The standard InChI is InChI=1S/C10H20N4O2S/c1-3-4-14-9(5-11)12-13-10(14)17-7-8(15)6-16-2/h8,15H,3-7,11H2,1-2H3. The minimum atomic E-state index is -0.488. The van der Waals surface area contributed by atoms with Gasteiger partial charge in [0.15, 0.2) is 5.16 Å². The lowest BCUT2D eigenvalue weighted by Gasteiger charge is -2.10. The average Bonchev–Trinajstić information content (AvgIpc) is 2.70. The highest BCUT2D eigenvalue weighted by Crippen LogP contribution is 2.18. The van der Waals surface area contributed by atoms with Crippen LogP contribution in [0.2, 0.25) is 0 Å². The van der Waals surface area contributed by atoms with Crippen LogP contribution in [0.4, 0.5) is 0 Å². The van der Waals surface area contributed by atoms with E-state index < -0.39 is 6.10 Å². The first-order chi connectivity index (χ1) is 8.22. The number of hydrogen-bond acceptors (Lipinski definition) is 6. The molecular formula is C10H20N4O2S. The Labute approximate surface area is 106 Å². The Morgan fingerprint density at radius 1 is 1.53 bits per heavy atom. The molecule has 0 saturated heterocycles. The zero-order valence-electron chi connectivity index (χ0n) is 10.3. The number of ether oxygens (including phenoxy) is 1. The van der Waals surface area contributed by atoms with Crippen LogP contribution in [0.15, 0.2) is 5.16 Å². The molecule has 1 rings (SSSR count). The van der Waals surface area contributed by atoms with E-state index in [9.17, 15) is 5.11 Å². The summed E-state index contributed by atoms with van der Waals surface area (Å²) in [4.78, 5) is 0. The van der Waals surface area contributed by atoms with Gasteiger partial charge in [0.25, 0.3) is 0 Å². The lowest BCUT2D eigenvalue weighted by Crippen LogP contribution is -2.17. The molecule has 1 atom stereocenters. The smallest absolute Gasteiger partial charge is 0.191 e. The number of nitrogens with two attached hydrogens (primary N) is 1. The Kier molecular flexibility index (Phi) is 6.49. The highest BCUT2D eigenvalue weighted by Gasteiger charge is 2.12. The molecule has 1 aromatic rings. The van der Waals surface area contributed by atoms with Gasteiger partial charge in [-0.25, -0.2) is 0 Å². The Hall–Kier alpha value is -0.630. The molecule has 1 unspecified atom stereocenters. The first-order valence-electron chi connectivity index (χ1n) is 5.64. The maximum Gasteiger partial charge on any atom is 0.191 e.